The van der Waals surface area contributed by atoms with E-state index in [1.54, 1.807) is 25.3 Å². The molecule has 1 aliphatic heterocycles. The quantitative estimate of drug-likeness (QED) is 0.683. The average Bonchev–Trinajstić information content (AvgIpc) is 3.22. The minimum Gasteiger partial charge on any atom is -0.494 e. The highest BCUT2D eigenvalue weighted by atomic mass is 32.2. The molecule has 1 N–H and O–H groups in total. The number of ether oxygens (including phenoxy) is 2. The highest BCUT2D eigenvalue weighted by molar-refractivity contribution is 7.89. The summed E-state index contributed by atoms with van der Waals surface area (Å²) in [5.74, 6) is 2.08. The number of aromatic nitrogens is 2. The Kier molecular flexibility index (Phi) is 6.69. The predicted octanol–water partition coefficient (Wildman–Crippen LogP) is 2.35. The molecule has 1 aliphatic rings. The van der Waals surface area contributed by atoms with Crippen molar-refractivity contribution in [3.63, 3.8) is 0 Å². The average molecular weight is 407 g/mol. The van der Waals surface area contributed by atoms with Crippen molar-refractivity contribution in [1.29, 1.82) is 0 Å². The van der Waals surface area contributed by atoms with E-state index < -0.39 is 10.0 Å². The molecule has 0 saturated carbocycles. The van der Waals surface area contributed by atoms with E-state index >= 15 is 0 Å². The Morgan fingerprint density at radius 3 is 2.57 bits per heavy atom. The Labute approximate surface area is 166 Å². The summed E-state index contributed by atoms with van der Waals surface area (Å²) in [6.07, 6.45) is 3.95. The second-order valence-electron chi connectivity index (χ2n) is 6.32. The molecule has 28 heavy (non-hydrogen) atoms. The normalized spacial score (nSPS) is 14.3. The number of benzene rings is 1. The first kappa shape index (κ1) is 20.3. The van der Waals surface area contributed by atoms with Crippen molar-refractivity contribution in [2.75, 3.05) is 31.2 Å². The summed E-state index contributed by atoms with van der Waals surface area (Å²) in [6, 6.07) is 6.54. The van der Waals surface area contributed by atoms with E-state index in [0.29, 0.717) is 24.8 Å². The zero-order chi connectivity index (χ0) is 20.0. The fourth-order valence-corrected chi connectivity index (χ4v) is 4.17. The summed E-state index contributed by atoms with van der Waals surface area (Å²) in [5.41, 5.74) is 0. The molecule has 1 fully saturated rings. The molecule has 0 spiro atoms. The lowest BCUT2D eigenvalue weighted by Crippen LogP contribution is -2.26. The second-order valence-corrected chi connectivity index (χ2v) is 8.06. The van der Waals surface area contributed by atoms with E-state index in [4.69, 9.17) is 9.47 Å². The molecule has 0 aliphatic carbocycles. The van der Waals surface area contributed by atoms with E-state index in [0.717, 1.165) is 31.7 Å². The molecular formula is C19H26N4O4S. The van der Waals surface area contributed by atoms with Crippen LogP contribution >= 0.6 is 0 Å². The monoisotopic (exact) mass is 406 g/mol. The molecular weight excluding hydrogens is 380 g/mol. The van der Waals surface area contributed by atoms with Crippen molar-refractivity contribution in [3.05, 3.63) is 36.3 Å². The van der Waals surface area contributed by atoms with Crippen LogP contribution in [0.5, 0.6) is 11.5 Å². The molecule has 2 aromatic rings. The zero-order valence-corrected chi connectivity index (χ0v) is 17.0. The molecule has 152 valence electrons. The summed E-state index contributed by atoms with van der Waals surface area (Å²) < 4.78 is 39.1. The van der Waals surface area contributed by atoms with Crippen LogP contribution in [0.4, 0.5) is 5.82 Å². The van der Waals surface area contributed by atoms with Gasteiger partial charge >= 0.3 is 0 Å². The van der Waals surface area contributed by atoms with E-state index in [-0.39, 0.29) is 17.2 Å². The van der Waals surface area contributed by atoms with Gasteiger partial charge in [0.2, 0.25) is 10.0 Å². The summed E-state index contributed by atoms with van der Waals surface area (Å²) in [5, 5.41) is 0. The van der Waals surface area contributed by atoms with Crippen LogP contribution in [0.1, 0.15) is 32.5 Å². The number of hydrogen-bond acceptors (Lipinski definition) is 7. The van der Waals surface area contributed by atoms with Crippen molar-refractivity contribution in [3.8, 4) is 11.5 Å². The Hall–Kier alpha value is -2.39. The van der Waals surface area contributed by atoms with Crippen LogP contribution in [-0.4, -0.2) is 44.7 Å². The highest BCUT2D eigenvalue weighted by Crippen LogP contribution is 2.29. The van der Waals surface area contributed by atoms with Gasteiger partial charge in [0, 0.05) is 25.4 Å². The second kappa shape index (κ2) is 9.20. The van der Waals surface area contributed by atoms with E-state index in [1.807, 2.05) is 13.0 Å². The first-order chi connectivity index (χ1) is 13.5. The van der Waals surface area contributed by atoms with Crippen LogP contribution in [0.25, 0.3) is 0 Å². The van der Waals surface area contributed by atoms with Crippen molar-refractivity contribution in [1.82, 2.24) is 14.7 Å². The fraction of sp³-hybridized carbons (Fsp3) is 0.474. The number of anilines is 1. The molecule has 1 saturated heterocycles. The van der Waals surface area contributed by atoms with Crippen LogP contribution in [0, 0.1) is 0 Å². The smallest absolute Gasteiger partial charge is 0.244 e. The van der Waals surface area contributed by atoms with Gasteiger partial charge in [-0.15, -0.1) is 0 Å². The van der Waals surface area contributed by atoms with Gasteiger partial charge in [-0.05, 0) is 44.9 Å². The van der Waals surface area contributed by atoms with Crippen LogP contribution in [-0.2, 0) is 16.6 Å². The Morgan fingerprint density at radius 1 is 1.11 bits per heavy atom. The molecule has 1 aromatic carbocycles. The third-order valence-corrected chi connectivity index (χ3v) is 5.80. The highest BCUT2D eigenvalue weighted by Gasteiger charge is 2.21. The van der Waals surface area contributed by atoms with Crippen LogP contribution in [0.2, 0.25) is 0 Å². The van der Waals surface area contributed by atoms with E-state index in [9.17, 15) is 8.42 Å². The summed E-state index contributed by atoms with van der Waals surface area (Å²) in [4.78, 5) is 10.9. The molecule has 3 rings (SSSR count). The standard InChI is InChI=1S/C19H26N4O4S/c1-3-26-15-7-8-17(16(13-15)27-4-2)28(24,25)21-14-18-20-10-9-19(22-18)23-11-5-6-12-23/h7-10,13,21H,3-6,11-12,14H2,1-2H3. The lowest BCUT2D eigenvalue weighted by Gasteiger charge is -2.17. The van der Waals surface area contributed by atoms with Crippen molar-refractivity contribution in [2.24, 2.45) is 0 Å². The van der Waals surface area contributed by atoms with Crippen LogP contribution in [0.3, 0.4) is 0 Å². The fourth-order valence-electron chi connectivity index (χ4n) is 3.07. The molecule has 0 radical (unpaired) electrons. The summed E-state index contributed by atoms with van der Waals surface area (Å²) >= 11 is 0. The van der Waals surface area contributed by atoms with Gasteiger partial charge in [0.05, 0.1) is 19.8 Å². The van der Waals surface area contributed by atoms with Crippen molar-refractivity contribution in [2.45, 2.75) is 38.1 Å². The van der Waals surface area contributed by atoms with Gasteiger partial charge in [-0.25, -0.2) is 23.1 Å². The van der Waals surface area contributed by atoms with E-state index in [2.05, 4.69) is 19.6 Å². The first-order valence-electron chi connectivity index (χ1n) is 9.49. The molecule has 0 unspecified atom stereocenters. The lowest BCUT2D eigenvalue weighted by atomic mass is 10.3. The number of nitrogens with zero attached hydrogens (tertiary/aromatic N) is 3. The summed E-state index contributed by atoms with van der Waals surface area (Å²) in [7, 11) is -3.80. The maximum atomic E-state index is 12.8. The number of sulfonamides is 1. The maximum absolute atomic E-state index is 12.8. The van der Waals surface area contributed by atoms with Gasteiger partial charge in [0.1, 0.15) is 28.0 Å². The Bertz CT molecular complexity index is 899. The molecule has 8 nitrogen and oxygen atoms in total. The third-order valence-electron chi connectivity index (χ3n) is 4.36. The molecule has 0 bridgehead atoms. The molecule has 0 atom stereocenters. The predicted molar refractivity (Wildman–Crippen MR) is 106 cm³/mol. The Morgan fingerprint density at radius 2 is 1.86 bits per heavy atom. The van der Waals surface area contributed by atoms with Gasteiger partial charge < -0.3 is 14.4 Å². The molecule has 0 amide bonds. The first-order valence-corrected chi connectivity index (χ1v) is 11.0. The van der Waals surface area contributed by atoms with Crippen LogP contribution in [0.15, 0.2) is 35.4 Å². The van der Waals surface area contributed by atoms with Gasteiger partial charge in [0.25, 0.3) is 0 Å². The van der Waals surface area contributed by atoms with Crippen molar-refractivity contribution < 1.29 is 17.9 Å². The zero-order valence-electron chi connectivity index (χ0n) is 16.2. The number of rotatable bonds is 9. The van der Waals surface area contributed by atoms with E-state index in [1.165, 1.54) is 6.07 Å². The Balaban J connectivity index is 1.76. The number of nitrogens with one attached hydrogen (secondary N) is 1. The largest absolute Gasteiger partial charge is 0.494 e. The van der Waals surface area contributed by atoms with Crippen LogP contribution < -0.4 is 19.1 Å². The molecule has 2 heterocycles. The lowest BCUT2D eigenvalue weighted by molar-refractivity contribution is 0.317. The molecule has 1 aromatic heterocycles. The van der Waals surface area contributed by atoms with Gasteiger partial charge in [0.15, 0.2) is 0 Å². The maximum Gasteiger partial charge on any atom is 0.244 e. The molecule has 9 heteroatoms. The minimum atomic E-state index is -3.80. The van der Waals surface area contributed by atoms with Gasteiger partial charge in [-0.1, -0.05) is 0 Å². The summed E-state index contributed by atoms with van der Waals surface area (Å²) in [6.45, 7) is 6.43. The van der Waals surface area contributed by atoms with Crippen molar-refractivity contribution >= 4 is 15.8 Å². The topological polar surface area (TPSA) is 93.7 Å². The van der Waals surface area contributed by atoms with Gasteiger partial charge in [-0.3, -0.25) is 0 Å². The van der Waals surface area contributed by atoms with Gasteiger partial charge in [-0.2, -0.15) is 0 Å². The third kappa shape index (κ3) is 4.90. The minimum absolute atomic E-state index is 0.00277. The SMILES string of the molecule is CCOc1ccc(S(=O)(=O)NCc2nccc(N3CCCC3)n2)c(OCC)c1. The number of hydrogen-bond donors (Lipinski definition) is 1.